The first-order chi connectivity index (χ1) is 7.79. The summed E-state index contributed by atoms with van der Waals surface area (Å²) >= 11 is 0. The van der Waals surface area contributed by atoms with Gasteiger partial charge in [-0.15, -0.1) is 0 Å². The quantitative estimate of drug-likeness (QED) is 0.254. The second-order valence-corrected chi connectivity index (χ2v) is 3.80. The van der Waals surface area contributed by atoms with Crippen molar-refractivity contribution in [1.29, 1.82) is 0 Å². The molecule has 0 atom stereocenters. The highest BCUT2D eigenvalue weighted by Gasteiger charge is 2.00. The number of hydrogen-bond acceptors (Lipinski definition) is 4. The van der Waals surface area contributed by atoms with Gasteiger partial charge in [-0.25, -0.2) is 10.4 Å². The van der Waals surface area contributed by atoms with Crippen LogP contribution >= 0.6 is 0 Å². The van der Waals surface area contributed by atoms with Crippen molar-refractivity contribution in [1.82, 2.24) is 20.7 Å². The summed E-state index contributed by atoms with van der Waals surface area (Å²) in [6.45, 7) is 3.50. The Kier molecular flexibility index (Phi) is 3.51. The third-order valence-electron chi connectivity index (χ3n) is 2.48. The molecule has 5 heteroatoms. The van der Waals surface area contributed by atoms with Crippen LogP contribution in [0.5, 0.6) is 0 Å². The molecule has 1 aromatic heterocycles. The van der Waals surface area contributed by atoms with E-state index >= 15 is 0 Å². The second kappa shape index (κ2) is 5.07. The molecule has 1 aromatic carbocycles. The van der Waals surface area contributed by atoms with Crippen LogP contribution in [0.4, 0.5) is 0 Å². The molecule has 2 aromatic rings. The molecule has 86 valence electrons. The van der Waals surface area contributed by atoms with E-state index in [9.17, 15) is 0 Å². The Morgan fingerprint density at radius 3 is 3.12 bits per heavy atom. The van der Waals surface area contributed by atoms with E-state index in [2.05, 4.69) is 38.9 Å². The number of nitrogens with one attached hydrogen (secondary N) is 3. The number of nitrogens with zero attached hydrogens (tertiary/aromatic N) is 1. The van der Waals surface area contributed by atoms with Crippen molar-refractivity contribution in [2.75, 3.05) is 13.2 Å². The predicted molar refractivity (Wildman–Crippen MR) is 64.7 cm³/mol. The SMILES string of the molecule is Cc1nc2ccc(CCNCNN)cc2[nH]1. The fourth-order valence-corrected chi connectivity index (χ4v) is 1.73. The van der Waals surface area contributed by atoms with Gasteiger partial charge in [0.25, 0.3) is 0 Å². The molecule has 2 rings (SSSR count). The van der Waals surface area contributed by atoms with Crippen molar-refractivity contribution in [2.24, 2.45) is 5.84 Å². The molecule has 0 bridgehead atoms. The highest BCUT2D eigenvalue weighted by Crippen LogP contribution is 2.13. The first-order valence-corrected chi connectivity index (χ1v) is 5.39. The summed E-state index contributed by atoms with van der Waals surface area (Å²) in [7, 11) is 0. The van der Waals surface area contributed by atoms with Gasteiger partial charge in [0.2, 0.25) is 0 Å². The third kappa shape index (κ3) is 2.57. The Morgan fingerprint density at radius 1 is 1.44 bits per heavy atom. The van der Waals surface area contributed by atoms with Crippen LogP contribution < -0.4 is 16.6 Å². The zero-order valence-electron chi connectivity index (χ0n) is 9.38. The number of rotatable bonds is 5. The van der Waals surface area contributed by atoms with Crippen molar-refractivity contribution >= 4 is 11.0 Å². The minimum absolute atomic E-state index is 0.630. The fourth-order valence-electron chi connectivity index (χ4n) is 1.73. The van der Waals surface area contributed by atoms with E-state index in [0.717, 1.165) is 29.8 Å². The lowest BCUT2D eigenvalue weighted by atomic mass is 10.1. The van der Waals surface area contributed by atoms with Crippen molar-refractivity contribution in [2.45, 2.75) is 13.3 Å². The summed E-state index contributed by atoms with van der Waals surface area (Å²) < 4.78 is 0. The minimum Gasteiger partial charge on any atom is -0.342 e. The summed E-state index contributed by atoms with van der Waals surface area (Å²) in [5.41, 5.74) is 5.98. The van der Waals surface area contributed by atoms with Gasteiger partial charge in [0, 0.05) is 6.54 Å². The van der Waals surface area contributed by atoms with Crippen molar-refractivity contribution in [3.8, 4) is 0 Å². The van der Waals surface area contributed by atoms with Crippen LogP contribution in [-0.2, 0) is 6.42 Å². The molecule has 0 saturated heterocycles. The fraction of sp³-hybridized carbons (Fsp3) is 0.364. The summed E-state index contributed by atoms with van der Waals surface area (Å²) in [4.78, 5) is 7.60. The van der Waals surface area contributed by atoms with Crippen LogP contribution in [0.1, 0.15) is 11.4 Å². The van der Waals surface area contributed by atoms with Crippen molar-refractivity contribution in [3.05, 3.63) is 29.6 Å². The number of fused-ring (bicyclic) bond motifs is 1. The minimum atomic E-state index is 0.630. The largest absolute Gasteiger partial charge is 0.342 e. The molecule has 0 aliphatic rings. The lowest BCUT2D eigenvalue weighted by molar-refractivity contribution is 0.602. The topological polar surface area (TPSA) is 78.8 Å². The van der Waals surface area contributed by atoms with Gasteiger partial charge in [0.15, 0.2) is 0 Å². The summed E-state index contributed by atoms with van der Waals surface area (Å²) in [5.74, 6) is 6.12. The molecule has 1 heterocycles. The first-order valence-electron chi connectivity index (χ1n) is 5.39. The maximum absolute atomic E-state index is 5.16. The van der Waals surface area contributed by atoms with Crippen molar-refractivity contribution in [3.63, 3.8) is 0 Å². The Morgan fingerprint density at radius 2 is 2.31 bits per heavy atom. The van der Waals surface area contributed by atoms with Gasteiger partial charge in [0.1, 0.15) is 5.82 Å². The van der Waals surface area contributed by atoms with Gasteiger partial charge in [0.05, 0.1) is 17.7 Å². The highest BCUT2D eigenvalue weighted by molar-refractivity contribution is 5.75. The van der Waals surface area contributed by atoms with E-state index in [4.69, 9.17) is 5.84 Å². The molecule has 0 saturated carbocycles. The summed E-state index contributed by atoms with van der Waals surface area (Å²) in [6, 6.07) is 6.31. The molecule has 0 fully saturated rings. The normalized spacial score (nSPS) is 11.1. The van der Waals surface area contributed by atoms with Gasteiger partial charge in [-0.2, -0.15) is 0 Å². The Labute approximate surface area is 94.4 Å². The molecule has 0 aliphatic heterocycles. The number of nitrogens with two attached hydrogens (primary N) is 1. The highest BCUT2D eigenvalue weighted by atomic mass is 15.3. The molecule has 16 heavy (non-hydrogen) atoms. The molecular weight excluding hydrogens is 202 g/mol. The van der Waals surface area contributed by atoms with E-state index in [0.29, 0.717) is 6.67 Å². The monoisotopic (exact) mass is 219 g/mol. The lowest BCUT2D eigenvalue weighted by Gasteiger charge is -2.03. The second-order valence-electron chi connectivity index (χ2n) is 3.80. The number of aromatic nitrogens is 2. The molecule has 0 spiro atoms. The van der Waals surface area contributed by atoms with Crippen molar-refractivity contribution < 1.29 is 0 Å². The average Bonchev–Trinajstić information content (AvgIpc) is 2.64. The summed E-state index contributed by atoms with van der Waals surface area (Å²) in [5, 5.41) is 3.17. The van der Waals surface area contributed by atoms with Gasteiger partial charge < -0.3 is 10.3 Å². The van der Waals surface area contributed by atoms with Crippen LogP contribution in [0.3, 0.4) is 0 Å². The molecule has 5 nitrogen and oxygen atoms in total. The number of benzene rings is 1. The van der Waals surface area contributed by atoms with Crippen LogP contribution in [0.25, 0.3) is 11.0 Å². The third-order valence-corrected chi connectivity index (χ3v) is 2.48. The zero-order chi connectivity index (χ0) is 11.4. The zero-order valence-corrected chi connectivity index (χ0v) is 9.38. The number of H-pyrrole nitrogens is 1. The lowest BCUT2D eigenvalue weighted by Crippen LogP contribution is -2.34. The average molecular weight is 219 g/mol. The van der Waals surface area contributed by atoms with E-state index < -0.39 is 0 Å². The molecular formula is C11H17N5. The molecule has 5 N–H and O–H groups in total. The molecule has 0 unspecified atom stereocenters. The Hall–Kier alpha value is -1.43. The Bertz CT molecular complexity index is 462. The number of hydrazine groups is 1. The predicted octanol–water partition coefficient (Wildman–Crippen LogP) is 0.424. The van der Waals surface area contributed by atoms with E-state index in [1.165, 1.54) is 5.56 Å². The van der Waals surface area contributed by atoms with E-state index in [-0.39, 0.29) is 0 Å². The summed E-state index contributed by atoms with van der Waals surface area (Å²) in [6.07, 6.45) is 0.982. The first kappa shape index (κ1) is 11.1. The van der Waals surface area contributed by atoms with Gasteiger partial charge in [-0.3, -0.25) is 5.84 Å². The maximum Gasteiger partial charge on any atom is 0.104 e. The molecule has 0 aliphatic carbocycles. The smallest absolute Gasteiger partial charge is 0.104 e. The van der Waals surface area contributed by atoms with Crippen LogP contribution in [-0.4, -0.2) is 23.2 Å². The number of aryl methyl sites for hydroxylation is 1. The van der Waals surface area contributed by atoms with Gasteiger partial charge in [-0.05, 0) is 31.0 Å². The Balaban J connectivity index is 2.02. The number of imidazole rings is 1. The maximum atomic E-state index is 5.16. The molecule has 0 radical (unpaired) electrons. The van der Waals surface area contributed by atoms with Crippen LogP contribution in [0, 0.1) is 6.92 Å². The number of hydrogen-bond donors (Lipinski definition) is 4. The standard InChI is InChI=1S/C11H17N5/c1-8-15-10-3-2-9(6-11(10)16-8)4-5-13-7-14-12/h2-3,6,13-14H,4-5,7,12H2,1H3,(H,15,16). The molecule has 0 amide bonds. The van der Waals surface area contributed by atoms with Crippen LogP contribution in [0.15, 0.2) is 18.2 Å². The van der Waals surface area contributed by atoms with E-state index in [1.807, 2.05) is 6.92 Å². The number of aromatic amines is 1. The van der Waals surface area contributed by atoms with Crippen LogP contribution in [0.2, 0.25) is 0 Å². The van der Waals surface area contributed by atoms with E-state index in [1.54, 1.807) is 0 Å². The van der Waals surface area contributed by atoms with Gasteiger partial charge in [-0.1, -0.05) is 6.07 Å². The van der Waals surface area contributed by atoms with Gasteiger partial charge >= 0.3 is 0 Å².